The van der Waals surface area contributed by atoms with Gasteiger partial charge in [0.05, 0.1) is 13.2 Å². The van der Waals surface area contributed by atoms with E-state index in [0.717, 1.165) is 24.1 Å². The molecule has 1 aromatic carbocycles. The summed E-state index contributed by atoms with van der Waals surface area (Å²) in [5, 5.41) is 3.40. The normalized spacial score (nSPS) is 17.9. The van der Waals surface area contributed by atoms with Gasteiger partial charge in [0.15, 0.2) is 0 Å². The Bertz CT molecular complexity index is 443. The van der Waals surface area contributed by atoms with Gasteiger partial charge in [0, 0.05) is 31.9 Å². The molecule has 1 aliphatic heterocycles. The number of hydrogen-bond acceptors (Lipinski definition) is 3. The number of likely N-dealkylation sites (tertiary alicyclic amines) is 1. The SMILES string of the molecule is COCc1cccc(NC2CCN(CC(F)(F)F)CC2)c1. The largest absolute Gasteiger partial charge is 0.401 e. The third-order valence-corrected chi connectivity index (χ3v) is 3.60. The van der Waals surface area contributed by atoms with Crippen molar-refractivity contribution in [2.45, 2.75) is 31.7 Å². The molecule has 3 nitrogen and oxygen atoms in total. The number of piperidine rings is 1. The number of benzene rings is 1. The van der Waals surface area contributed by atoms with Crippen molar-refractivity contribution in [1.29, 1.82) is 0 Å². The lowest BCUT2D eigenvalue weighted by molar-refractivity contribution is -0.147. The fourth-order valence-corrected chi connectivity index (χ4v) is 2.64. The van der Waals surface area contributed by atoms with Crippen molar-refractivity contribution in [1.82, 2.24) is 4.90 Å². The summed E-state index contributed by atoms with van der Waals surface area (Å²) in [6.45, 7) is 0.715. The van der Waals surface area contributed by atoms with E-state index < -0.39 is 12.7 Å². The van der Waals surface area contributed by atoms with E-state index in [1.165, 1.54) is 4.90 Å². The Balaban J connectivity index is 1.82. The van der Waals surface area contributed by atoms with E-state index in [2.05, 4.69) is 5.32 Å². The molecular weight excluding hydrogens is 281 g/mol. The number of hydrogen-bond donors (Lipinski definition) is 1. The van der Waals surface area contributed by atoms with Crippen LogP contribution in [0.15, 0.2) is 24.3 Å². The van der Waals surface area contributed by atoms with Crippen LogP contribution in [0.4, 0.5) is 18.9 Å². The maximum Gasteiger partial charge on any atom is 0.401 e. The molecule has 0 radical (unpaired) electrons. The number of anilines is 1. The van der Waals surface area contributed by atoms with E-state index in [0.29, 0.717) is 19.7 Å². The van der Waals surface area contributed by atoms with Crippen LogP contribution < -0.4 is 5.32 Å². The highest BCUT2D eigenvalue weighted by Gasteiger charge is 2.32. The van der Waals surface area contributed by atoms with Gasteiger partial charge in [-0.3, -0.25) is 4.90 Å². The summed E-state index contributed by atoms with van der Waals surface area (Å²) < 4.78 is 42.1. The minimum absolute atomic E-state index is 0.229. The molecule has 0 aromatic heterocycles. The van der Waals surface area contributed by atoms with E-state index in [1.54, 1.807) is 7.11 Å². The summed E-state index contributed by atoms with van der Waals surface area (Å²) in [5.41, 5.74) is 2.08. The Morgan fingerprint density at radius 2 is 2.00 bits per heavy atom. The zero-order valence-corrected chi connectivity index (χ0v) is 12.1. The van der Waals surface area contributed by atoms with Crippen LogP contribution in [0.1, 0.15) is 18.4 Å². The monoisotopic (exact) mass is 302 g/mol. The third-order valence-electron chi connectivity index (χ3n) is 3.60. The smallest absolute Gasteiger partial charge is 0.382 e. The molecule has 0 amide bonds. The van der Waals surface area contributed by atoms with Gasteiger partial charge in [0.1, 0.15) is 0 Å². The van der Waals surface area contributed by atoms with Gasteiger partial charge in [-0.2, -0.15) is 13.2 Å². The predicted octanol–water partition coefficient (Wildman–Crippen LogP) is 3.27. The second kappa shape index (κ2) is 7.13. The Kier molecular flexibility index (Phi) is 5.47. The molecule has 0 unspecified atom stereocenters. The number of methoxy groups -OCH3 is 1. The van der Waals surface area contributed by atoms with Crippen molar-refractivity contribution in [2.24, 2.45) is 0 Å². The summed E-state index contributed by atoms with van der Waals surface area (Å²) in [4.78, 5) is 1.47. The molecule has 2 rings (SSSR count). The number of nitrogens with one attached hydrogen (secondary N) is 1. The van der Waals surface area contributed by atoms with Crippen molar-refractivity contribution in [3.63, 3.8) is 0 Å². The molecule has 0 aliphatic carbocycles. The van der Waals surface area contributed by atoms with Crippen LogP contribution in [0, 0.1) is 0 Å². The topological polar surface area (TPSA) is 24.5 Å². The Labute approximate surface area is 123 Å². The van der Waals surface area contributed by atoms with Gasteiger partial charge in [-0.05, 0) is 30.5 Å². The molecular formula is C15H21F3N2O. The van der Waals surface area contributed by atoms with Gasteiger partial charge in [0.25, 0.3) is 0 Å². The van der Waals surface area contributed by atoms with Crippen molar-refractivity contribution in [2.75, 3.05) is 32.1 Å². The van der Waals surface area contributed by atoms with E-state index in [-0.39, 0.29) is 6.04 Å². The average Bonchev–Trinajstić information content (AvgIpc) is 2.40. The summed E-state index contributed by atoms with van der Waals surface area (Å²) in [6.07, 6.45) is -2.65. The second-order valence-corrected chi connectivity index (χ2v) is 5.44. The van der Waals surface area contributed by atoms with Crippen molar-refractivity contribution >= 4 is 5.69 Å². The molecule has 1 fully saturated rings. The van der Waals surface area contributed by atoms with Crippen LogP contribution >= 0.6 is 0 Å². The van der Waals surface area contributed by atoms with E-state index >= 15 is 0 Å². The third kappa shape index (κ3) is 5.55. The predicted molar refractivity (Wildman–Crippen MR) is 76.3 cm³/mol. The Hall–Kier alpha value is -1.27. The lowest BCUT2D eigenvalue weighted by Gasteiger charge is -2.33. The molecule has 0 atom stereocenters. The highest BCUT2D eigenvalue weighted by Crippen LogP contribution is 2.22. The maximum absolute atomic E-state index is 12.3. The molecule has 21 heavy (non-hydrogen) atoms. The molecule has 1 aliphatic rings. The van der Waals surface area contributed by atoms with Crippen molar-refractivity contribution in [3.05, 3.63) is 29.8 Å². The zero-order chi connectivity index (χ0) is 15.3. The summed E-state index contributed by atoms with van der Waals surface area (Å²) >= 11 is 0. The first-order valence-electron chi connectivity index (χ1n) is 7.10. The van der Waals surface area contributed by atoms with Crippen LogP contribution in [0.5, 0.6) is 0 Å². The van der Waals surface area contributed by atoms with Gasteiger partial charge in [0.2, 0.25) is 0 Å². The summed E-state index contributed by atoms with van der Waals surface area (Å²) in [7, 11) is 1.65. The number of nitrogens with zero attached hydrogens (tertiary/aromatic N) is 1. The lowest BCUT2D eigenvalue weighted by atomic mass is 10.0. The van der Waals surface area contributed by atoms with Gasteiger partial charge >= 0.3 is 6.18 Å². The van der Waals surface area contributed by atoms with Crippen LogP contribution in [-0.4, -0.2) is 43.9 Å². The molecule has 0 saturated carbocycles. The first kappa shape index (κ1) is 16.1. The highest BCUT2D eigenvalue weighted by molar-refractivity contribution is 5.46. The van der Waals surface area contributed by atoms with Gasteiger partial charge in [-0.15, -0.1) is 0 Å². The van der Waals surface area contributed by atoms with Gasteiger partial charge in [-0.1, -0.05) is 12.1 Å². The molecule has 1 heterocycles. The molecule has 1 N–H and O–H groups in total. The first-order valence-corrected chi connectivity index (χ1v) is 7.10. The fraction of sp³-hybridized carbons (Fsp3) is 0.600. The van der Waals surface area contributed by atoms with Crippen LogP contribution in [0.3, 0.4) is 0 Å². The second-order valence-electron chi connectivity index (χ2n) is 5.44. The molecule has 0 spiro atoms. The standard InChI is InChI=1S/C15H21F3N2O/c1-21-10-12-3-2-4-14(9-12)19-13-5-7-20(8-6-13)11-15(16,17)18/h2-4,9,13,19H,5-8,10-11H2,1H3. The number of halogens is 3. The molecule has 1 saturated heterocycles. The molecule has 1 aromatic rings. The maximum atomic E-state index is 12.3. The fourth-order valence-electron chi connectivity index (χ4n) is 2.64. The molecule has 6 heteroatoms. The summed E-state index contributed by atoms with van der Waals surface area (Å²) in [5.74, 6) is 0. The average molecular weight is 302 g/mol. The van der Waals surface area contributed by atoms with Crippen LogP contribution in [0.25, 0.3) is 0 Å². The minimum atomic E-state index is -4.10. The lowest BCUT2D eigenvalue weighted by Crippen LogP contribution is -2.43. The van der Waals surface area contributed by atoms with Crippen LogP contribution in [-0.2, 0) is 11.3 Å². The number of alkyl halides is 3. The molecule has 118 valence electrons. The van der Waals surface area contributed by atoms with Gasteiger partial charge in [-0.25, -0.2) is 0 Å². The minimum Gasteiger partial charge on any atom is -0.382 e. The van der Waals surface area contributed by atoms with E-state index in [9.17, 15) is 13.2 Å². The Morgan fingerprint density at radius 1 is 1.29 bits per heavy atom. The zero-order valence-electron chi connectivity index (χ0n) is 12.1. The first-order chi connectivity index (χ1) is 9.96. The van der Waals surface area contributed by atoms with Gasteiger partial charge < -0.3 is 10.1 Å². The number of ether oxygens (including phenoxy) is 1. The van der Waals surface area contributed by atoms with Crippen LogP contribution in [0.2, 0.25) is 0 Å². The summed E-state index contributed by atoms with van der Waals surface area (Å²) in [6, 6.07) is 8.16. The Morgan fingerprint density at radius 3 is 2.62 bits per heavy atom. The van der Waals surface area contributed by atoms with Crippen molar-refractivity contribution < 1.29 is 17.9 Å². The highest BCUT2D eigenvalue weighted by atomic mass is 19.4. The van der Waals surface area contributed by atoms with E-state index in [1.807, 2.05) is 24.3 Å². The van der Waals surface area contributed by atoms with Crippen molar-refractivity contribution in [3.8, 4) is 0 Å². The number of rotatable bonds is 5. The molecule has 0 bridgehead atoms. The quantitative estimate of drug-likeness (QED) is 0.903. The van der Waals surface area contributed by atoms with E-state index in [4.69, 9.17) is 4.74 Å².